The fourth-order valence-corrected chi connectivity index (χ4v) is 5.21. The SMILES string of the molecule is CCc1ccc([C@@H]2CC[C@@H](N3CCN(c4ccc(C(=O)NC5CC5)nc4F)CC3)C2)[nH]c1=O. The average Bonchev–Trinajstić information content (AvgIpc) is 3.50. The number of carbonyl (C=O) groups is 1. The number of carbonyl (C=O) groups excluding carboxylic acids is 1. The van der Waals surface area contributed by atoms with Crippen molar-refractivity contribution >= 4 is 11.6 Å². The first-order valence-electron chi connectivity index (χ1n) is 12.2. The highest BCUT2D eigenvalue weighted by molar-refractivity contribution is 5.92. The summed E-state index contributed by atoms with van der Waals surface area (Å²) in [6.07, 6.45) is 5.96. The van der Waals surface area contributed by atoms with Crippen LogP contribution < -0.4 is 15.8 Å². The summed E-state index contributed by atoms with van der Waals surface area (Å²) in [6, 6.07) is 8.06. The van der Waals surface area contributed by atoms with Gasteiger partial charge in [0, 0.05) is 55.4 Å². The number of hydrogen-bond acceptors (Lipinski definition) is 5. The van der Waals surface area contributed by atoms with Crippen molar-refractivity contribution < 1.29 is 9.18 Å². The van der Waals surface area contributed by atoms with Gasteiger partial charge in [0.25, 0.3) is 11.5 Å². The monoisotopic (exact) mass is 453 g/mol. The number of amides is 1. The van der Waals surface area contributed by atoms with E-state index in [4.69, 9.17) is 0 Å². The molecule has 0 unspecified atom stereocenters. The maximum absolute atomic E-state index is 14.7. The van der Waals surface area contributed by atoms with Crippen LogP contribution in [-0.2, 0) is 6.42 Å². The molecule has 0 aromatic carbocycles. The highest BCUT2D eigenvalue weighted by Gasteiger charge is 2.33. The van der Waals surface area contributed by atoms with Crippen LogP contribution in [0.1, 0.15) is 66.7 Å². The molecule has 5 rings (SSSR count). The smallest absolute Gasteiger partial charge is 0.270 e. The number of piperazine rings is 1. The van der Waals surface area contributed by atoms with Gasteiger partial charge >= 0.3 is 0 Å². The number of anilines is 1. The Morgan fingerprint density at radius 3 is 2.58 bits per heavy atom. The molecule has 2 N–H and O–H groups in total. The van der Waals surface area contributed by atoms with Crippen molar-refractivity contribution in [1.29, 1.82) is 0 Å². The van der Waals surface area contributed by atoms with E-state index in [-0.39, 0.29) is 23.2 Å². The molecule has 1 aliphatic heterocycles. The first-order chi connectivity index (χ1) is 16.0. The van der Waals surface area contributed by atoms with Crippen molar-refractivity contribution in [3.63, 3.8) is 0 Å². The molecule has 0 spiro atoms. The fraction of sp³-hybridized carbons (Fsp3) is 0.560. The number of nitrogens with one attached hydrogen (secondary N) is 2. The maximum Gasteiger partial charge on any atom is 0.270 e. The van der Waals surface area contributed by atoms with Gasteiger partial charge in [0.15, 0.2) is 0 Å². The highest BCUT2D eigenvalue weighted by atomic mass is 19.1. The summed E-state index contributed by atoms with van der Waals surface area (Å²) in [6.45, 7) is 5.20. The molecule has 33 heavy (non-hydrogen) atoms. The second-order valence-electron chi connectivity index (χ2n) is 9.56. The minimum Gasteiger partial charge on any atom is -0.365 e. The summed E-state index contributed by atoms with van der Waals surface area (Å²) in [5, 5.41) is 2.85. The van der Waals surface area contributed by atoms with Crippen LogP contribution in [0.25, 0.3) is 0 Å². The number of H-pyrrole nitrogens is 1. The first kappa shape index (κ1) is 22.1. The molecule has 3 fully saturated rings. The van der Waals surface area contributed by atoms with E-state index >= 15 is 0 Å². The van der Waals surface area contributed by atoms with E-state index in [9.17, 15) is 14.0 Å². The summed E-state index contributed by atoms with van der Waals surface area (Å²) in [4.78, 5) is 35.9. The molecule has 0 bridgehead atoms. The van der Waals surface area contributed by atoms with Crippen LogP contribution in [0.2, 0.25) is 0 Å². The third-order valence-electron chi connectivity index (χ3n) is 7.38. The molecule has 176 valence electrons. The predicted octanol–water partition coefficient (Wildman–Crippen LogP) is 2.82. The van der Waals surface area contributed by atoms with E-state index in [1.165, 1.54) is 0 Å². The number of aromatic amines is 1. The Balaban J connectivity index is 1.16. The Hall–Kier alpha value is -2.74. The molecule has 1 amide bonds. The third-order valence-corrected chi connectivity index (χ3v) is 7.38. The molecule has 2 atom stereocenters. The van der Waals surface area contributed by atoms with Crippen LogP contribution in [0.4, 0.5) is 10.1 Å². The largest absolute Gasteiger partial charge is 0.365 e. The number of hydrogen-bond donors (Lipinski definition) is 2. The Labute approximate surface area is 193 Å². The van der Waals surface area contributed by atoms with Crippen molar-refractivity contribution in [2.45, 2.75) is 63.5 Å². The van der Waals surface area contributed by atoms with Crippen LogP contribution in [0, 0.1) is 5.95 Å². The van der Waals surface area contributed by atoms with Crippen molar-refractivity contribution in [3.8, 4) is 0 Å². The molecular formula is C25H32FN5O2. The van der Waals surface area contributed by atoms with Gasteiger partial charge < -0.3 is 15.2 Å². The minimum atomic E-state index is -0.577. The van der Waals surface area contributed by atoms with E-state index < -0.39 is 5.95 Å². The molecule has 2 aliphatic carbocycles. The molecular weight excluding hydrogens is 421 g/mol. The normalized spacial score (nSPS) is 23.6. The average molecular weight is 454 g/mol. The second kappa shape index (κ2) is 9.25. The maximum atomic E-state index is 14.7. The van der Waals surface area contributed by atoms with Crippen molar-refractivity contribution in [2.75, 3.05) is 31.1 Å². The van der Waals surface area contributed by atoms with E-state index in [1.807, 2.05) is 17.9 Å². The van der Waals surface area contributed by atoms with Crippen LogP contribution in [0.15, 0.2) is 29.1 Å². The minimum absolute atomic E-state index is 0.0405. The van der Waals surface area contributed by atoms with E-state index in [1.54, 1.807) is 12.1 Å². The van der Waals surface area contributed by atoms with Crippen molar-refractivity contribution in [3.05, 3.63) is 57.5 Å². The number of aryl methyl sites for hydroxylation is 1. The lowest BCUT2D eigenvalue weighted by atomic mass is 10.0. The van der Waals surface area contributed by atoms with Crippen LogP contribution >= 0.6 is 0 Å². The van der Waals surface area contributed by atoms with Gasteiger partial charge in [-0.05, 0) is 56.7 Å². The molecule has 1 saturated heterocycles. The summed E-state index contributed by atoms with van der Waals surface area (Å²) in [5.74, 6) is -0.482. The summed E-state index contributed by atoms with van der Waals surface area (Å²) in [7, 11) is 0. The van der Waals surface area contributed by atoms with Crippen LogP contribution in [0.5, 0.6) is 0 Å². The van der Waals surface area contributed by atoms with Crippen LogP contribution in [0.3, 0.4) is 0 Å². The zero-order chi connectivity index (χ0) is 22.9. The summed E-state index contributed by atoms with van der Waals surface area (Å²) >= 11 is 0. The van der Waals surface area contributed by atoms with Gasteiger partial charge in [-0.15, -0.1) is 0 Å². The Morgan fingerprint density at radius 1 is 1.12 bits per heavy atom. The fourth-order valence-electron chi connectivity index (χ4n) is 5.21. The lowest BCUT2D eigenvalue weighted by Crippen LogP contribution is -2.50. The standard InChI is InChI=1S/C25H32FN5O2/c1-2-16-4-8-20(29-24(16)32)17-3-7-19(15-17)30-11-13-31(14-12-30)22-10-9-21(28-23(22)26)25(33)27-18-5-6-18/h4,8-10,17-19H,2-3,5-7,11-15H2,1H3,(H,27,33)(H,29,32)/t17-,19-/m1/s1. The van der Waals surface area contributed by atoms with Gasteiger partial charge in [-0.3, -0.25) is 14.5 Å². The molecule has 8 heteroatoms. The lowest BCUT2D eigenvalue weighted by Gasteiger charge is -2.39. The van der Waals surface area contributed by atoms with Gasteiger partial charge in [0.05, 0.1) is 5.69 Å². The van der Waals surface area contributed by atoms with E-state index in [0.717, 1.165) is 76.0 Å². The molecule has 2 aromatic heterocycles. The zero-order valence-corrected chi connectivity index (χ0v) is 19.1. The number of aromatic nitrogens is 2. The topological polar surface area (TPSA) is 81.3 Å². The van der Waals surface area contributed by atoms with Crippen molar-refractivity contribution in [1.82, 2.24) is 20.2 Å². The summed E-state index contributed by atoms with van der Waals surface area (Å²) < 4.78 is 14.7. The number of nitrogens with zero attached hydrogens (tertiary/aromatic N) is 3. The Kier molecular flexibility index (Phi) is 6.19. The lowest BCUT2D eigenvalue weighted by molar-refractivity contribution is 0.0945. The molecule has 0 radical (unpaired) electrons. The molecule has 3 heterocycles. The number of rotatable bonds is 6. The van der Waals surface area contributed by atoms with Gasteiger partial charge in [0.1, 0.15) is 5.69 Å². The van der Waals surface area contributed by atoms with E-state index in [2.05, 4.69) is 26.3 Å². The zero-order valence-electron chi connectivity index (χ0n) is 19.1. The molecule has 7 nitrogen and oxygen atoms in total. The van der Waals surface area contributed by atoms with Gasteiger partial charge in [-0.25, -0.2) is 4.98 Å². The quantitative estimate of drug-likeness (QED) is 0.658. The summed E-state index contributed by atoms with van der Waals surface area (Å²) in [5.41, 5.74) is 2.54. The van der Waals surface area contributed by atoms with Crippen LogP contribution in [-0.4, -0.2) is 59.0 Å². The van der Waals surface area contributed by atoms with Crippen molar-refractivity contribution in [2.24, 2.45) is 0 Å². The first-order valence-corrected chi connectivity index (χ1v) is 12.2. The Bertz CT molecular complexity index is 1070. The van der Waals surface area contributed by atoms with Gasteiger partial charge in [-0.1, -0.05) is 13.0 Å². The molecule has 2 aromatic rings. The highest BCUT2D eigenvalue weighted by Crippen LogP contribution is 2.36. The Morgan fingerprint density at radius 2 is 1.91 bits per heavy atom. The predicted molar refractivity (Wildman–Crippen MR) is 125 cm³/mol. The molecule has 2 saturated carbocycles. The number of halogens is 1. The second-order valence-corrected chi connectivity index (χ2v) is 9.56. The van der Waals surface area contributed by atoms with Gasteiger partial charge in [-0.2, -0.15) is 4.39 Å². The molecule has 3 aliphatic rings. The van der Waals surface area contributed by atoms with Gasteiger partial charge in [0.2, 0.25) is 5.95 Å². The third kappa shape index (κ3) is 4.81. The number of pyridine rings is 2. The van der Waals surface area contributed by atoms with E-state index in [0.29, 0.717) is 17.6 Å².